The molecule has 1 amide bonds. The molecule has 0 unspecified atom stereocenters. The molecule has 1 saturated carbocycles. The Balaban J connectivity index is 0.00000420. The Morgan fingerprint density at radius 2 is 1.82 bits per heavy atom. The molecule has 3 aromatic rings. The minimum absolute atomic E-state index is 0. The Morgan fingerprint density at radius 3 is 2.51 bits per heavy atom. The van der Waals surface area contributed by atoms with Crippen molar-refractivity contribution in [1.82, 2.24) is 15.3 Å². The highest BCUT2D eigenvalue weighted by Gasteiger charge is 2.32. The molecule has 1 aliphatic rings. The lowest BCUT2D eigenvalue weighted by atomic mass is 9.86. The van der Waals surface area contributed by atoms with Crippen molar-refractivity contribution in [3.05, 3.63) is 52.5 Å². The van der Waals surface area contributed by atoms with Crippen LogP contribution in [-0.4, -0.2) is 48.9 Å². The van der Waals surface area contributed by atoms with E-state index in [-0.39, 0.29) is 42.9 Å². The third-order valence-corrected chi connectivity index (χ3v) is 7.14. The van der Waals surface area contributed by atoms with Gasteiger partial charge in [0.2, 0.25) is 11.9 Å². The molecule has 7 nitrogen and oxygen atoms in total. The largest absolute Gasteiger partial charge is 0.573 e. The van der Waals surface area contributed by atoms with Gasteiger partial charge in [-0.3, -0.25) is 4.79 Å². The number of aromatic nitrogens is 2. The lowest BCUT2D eigenvalue weighted by Crippen LogP contribution is -2.34. The normalized spacial score (nSPS) is 17.3. The van der Waals surface area contributed by atoms with Gasteiger partial charge < -0.3 is 20.3 Å². The minimum Gasteiger partial charge on any atom is -0.405 e. The van der Waals surface area contributed by atoms with E-state index in [1.54, 1.807) is 6.07 Å². The van der Waals surface area contributed by atoms with E-state index < -0.39 is 6.36 Å². The molecule has 212 valence electrons. The number of nitrogens with zero attached hydrogens (tertiary/aromatic N) is 3. The number of amides is 1. The van der Waals surface area contributed by atoms with Gasteiger partial charge in [0.25, 0.3) is 0 Å². The Bertz CT molecular complexity index is 1270. The summed E-state index contributed by atoms with van der Waals surface area (Å²) in [6.45, 7) is 0.551. The monoisotopic (exact) mass is 629 g/mol. The summed E-state index contributed by atoms with van der Waals surface area (Å²) in [5.41, 5.74) is 1.23. The molecule has 2 N–H and O–H groups in total. The SMILES string of the molecule is CN(C)c1nc(NC2CCC(CNC(=O)CCc3ccc(Br)cc3OC(F)(F)F)CC2)nc2ccccc12.Cl. The predicted molar refractivity (Wildman–Crippen MR) is 153 cm³/mol. The molecule has 39 heavy (non-hydrogen) atoms. The van der Waals surface area contributed by atoms with Crippen molar-refractivity contribution in [3.8, 4) is 5.75 Å². The number of nitrogens with one attached hydrogen (secondary N) is 2. The number of benzene rings is 2. The highest BCUT2D eigenvalue weighted by Crippen LogP contribution is 2.31. The van der Waals surface area contributed by atoms with Gasteiger partial charge in [-0.1, -0.05) is 34.1 Å². The van der Waals surface area contributed by atoms with Gasteiger partial charge in [0.05, 0.1) is 5.52 Å². The molecule has 0 atom stereocenters. The van der Waals surface area contributed by atoms with Gasteiger partial charge in [0.15, 0.2) is 0 Å². The molecule has 0 saturated heterocycles. The van der Waals surface area contributed by atoms with E-state index >= 15 is 0 Å². The lowest BCUT2D eigenvalue weighted by molar-refractivity contribution is -0.274. The topological polar surface area (TPSA) is 79.4 Å². The summed E-state index contributed by atoms with van der Waals surface area (Å²) < 4.78 is 42.7. The molecule has 0 bridgehead atoms. The van der Waals surface area contributed by atoms with Crippen LogP contribution in [0.25, 0.3) is 10.9 Å². The fourth-order valence-corrected chi connectivity index (χ4v) is 5.05. The second-order valence-electron chi connectivity index (χ2n) is 9.75. The molecule has 0 aliphatic heterocycles. The quantitative estimate of drug-likeness (QED) is 0.281. The van der Waals surface area contributed by atoms with Crippen molar-refractivity contribution in [2.75, 3.05) is 30.9 Å². The van der Waals surface area contributed by atoms with E-state index in [1.165, 1.54) is 12.1 Å². The zero-order valence-electron chi connectivity index (χ0n) is 21.7. The zero-order valence-corrected chi connectivity index (χ0v) is 24.1. The molecule has 0 radical (unpaired) electrons. The zero-order chi connectivity index (χ0) is 27.3. The number of anilines is 2. The Kier molecular flexibility index (Phi) is 10.7. The summed E-state index contributed by atoms with van der Waals surface area (Å²) in [5, 5.41) is 7.44. The number of para-hydroxylation sites is 1. The molecular formula is C27H32BrClF3N5O2. The number of hydrogen-bond donors (Lipinski definition) is 2. The summed E-state index contributed by atoms with van der Waals surface area (Å²) in [4.78, 5) is 23.8. The summed E-state index contributed by atoms with van der Waals surface area (Å²) in [5.74, 6) is 1.36. The fraction of sp³-hybridized carbons (Fsp3) is 0.444. The number of alkyl halides is 3. The average Bonchev–Trinajstić information content (AvgIpc) is 2.86. The van der Waals surface area contributed by atoms with E-state index in [2.05, 4.69) is 36.3 Å². The van der Waals surface area contributed by atoms with Crippen molar-refractivity contribution in [1.29, 1.82) is 0 Å². The number of halogens is 5. The van der Waals surface area contributed by atoms with Crippen LogP contribution in [0.15, 0.2) is 46.9 Å². The van der Waals surface area contributed by atoms with Crippen LogP contribution in [0.1, 0.15) is 37.7 Å². The van der Waals surface area contributed by atoms with Gasteiger partial charge >= 0.3 is 6.36 Å². The highest BCUT2D eigenvalue weighted by atomic mass is 79.9. The second kappa shape index (κ2) is 13.5. The molecule has 12 heteroatoms. The number of ether oxygens (including phenoxy) is 1. The fourth-order valence-electron chi connectivity index (χ4n) is 4.71. The van der Waals surface area contributed by atoms with Crippen LogP contribution in [0, 0.1) is 5.92 Å². The number of fused-ring (bicyclic) bond motifs is 1. The van der Waals surface area contributed by atoms with Gasteiger partial charge in [0, 0.05) is 43.0 Å². The van der Waals surface area contributed by atoms with Crippen LogP contribution in [0.4, 0.5) is 24.9 Å². The summed E-state index contributed by atoms with van der Waals surface area (Å²) in [6, 6.07) is 12.6. The van der Waals surface area contributed by atoms with Crippen LogP contribution < -0.4 is 20.3 Å². The van der Waals surface area contributed by atoms with Crippen molar-refractivity contribution in [2.24, 2.45) is 5.92 Å². The van der Waals surface area contributed by atoms with Crippen LogP contribution in [-0.2, 0) is 11.2 Å². The van der Waals surface area contributed by atoms with E-state index in [0.29, 0.717) is 28.4 Å². The Hall–Kier alpha value is -2.79. The first-order valence-electron chi connectivity index (χ1n) is 12.6. The summed E-state index contributed by atoms with van der Waals surface area (Å²) in [6.07, 6.45) is -0.788. The number of carbonyl (C=O) groups excluding carboxylic acids is 1. The molecule has 0 spiro atoms. The number of hydrogen-bond acceptors (Lipinski definition) is 6. The molecule has 1 aliphatic carbocycles. The second-order valence-corrected chi connectivity index (χ2v) is 10.7. The first-order chi connectivity index (χ1) is 18.1. The summed E-state index contributed by atoms with van der Waals surface area (Å²) >= 11 is 3.15. The van der Waals surface area contributed by atoms with Crippen molar-refractivity contribution >= 4 is 56.9 Å². The number of rotatable bonds is 9. The third kappa shape index (κ3) is 8.86. The van der Waals surface area contributed by atoms with Crippen LogP contribution in [0.5, 0.6) is 5.75 Å². The Morgan fingerprint density at radius 1 is 1.10 bits per heavy atom. The molecule has 4 rings (SSSR count). The first kappa shape index (κ1) is 30.7. The van der Waals surface area contributed by atoms with Gasteiger partial charge in [-0.2, -0.15) is 4.98 Å². The average molecular weight is 631 g/mol. The highest BCUT2D eigenvalue weighted by molar-refractivity contribution is 9.10. The molecule has 2 aromatic carbocycles. The van der Waals surface area contributed by atoms with Crippen molar-refractivity contribution in [2.45, 2.75) is 50.9 Å². The molecular weight excluding hydrogens is 599 g/mol. The number of carbonyl (C=O) groups is 1. The smallest absolute Gasteiger partial charge is 0.405 e. The summed E-state index contributed by atoms with van der Waals surface area (Å²) in [7, 11) is 3.93. The predicted octanol–water partition coefficient (Wildman–Crippen LogP) is 6.50. The maximum Gasteiger partial charge on any atom is 0.573 e. The van der Waals surface area contributed by atoms with Crippen LogP contribution >= 0.6 is 28.3 Å². The van der Waals surface area contributed by atoms with Crippen LogP contribution in [0.3, 0.4) is 0 Å². The first-order valence-corrected chi connectivity index (χ1v) is 13.4. The molecule has 1 fully saturated rings. The third-order valence-electron chi connectivity index (χ3n) is 6.65. The van der Waals surface area contributed by atoms with E-state index in [0.717, 1.165) is 42.4 Å². The van der Waals surface area contributed by atoms with Gasteiger partial charge in [0.1, 0.15) is 11.6 Å². The van der Waals surface area contributed by atoms with E-state index in [4.69, 9.17) is 4.98 Å². The number of aryl methyl sites for hydroxylation is 1. The standard InChI is InChI=1S/C27H31BrF3N5O2.ClH/c1-36(2)25-21-5-3-4-6-22(21)34-26(35-25)33-20-12-7-17(8-13-20)16-32-24(37)14-10-18-9-11-19(28)15-23(18)38-27(29,30)31;/h3-6,9,11,15,17,20H,7-8,10,12-14,16H2,1-2H3,(H,32,37)(H,33,34,35);1H. The van der Waals surface area contributed by atoms with Gasteiger partial charge in [-0.05, 0) is 67.9 Å². The maximum absolute atomic E-state index is 12.7. The molecule has 1 aromatic heterocycles. The van der Waals surface area contributed by atoms with Crippen molar-refractivity contribution in [3.63, 3.8) is 0 Å². The maximum atomic E-state index is 12.7. The van der Waals surface area contributed by atoms with Crippen LogP contribution in [0.2, 0.25) is 0 Å². The van der Waals surface area contributed by atoms with E-state index in [9.17, 15) is 18.0 Å². The minimum atomic E-state index is -4.79. The Labute approximate surface area is 240 Å². The van der Waals surface area contributed by atoms with Gasteiger partial charge in [-0.25, -0.2) is 4.98 Å². The van der Waals surface area contributed by atoms with E-state index in [1.807, 2.05) is 43.3 Å². The lowest BCUT2D eigenvalue weighted by Gasteiger charge is -2.29. The molecule has 1 heterocycles. The van der Waals surface area contributed by atoms with Gasteiger partial charge in [-0.15, -0.1) is 25.6 Å². The van der Waals surface area contributed by atoms with Crippen molar-refractivity contribution < 1.29 is 22.7 Å².